The van der Waals surface area contributed by atoms with Crippen LogP contribution in [0.1, 0.15) is 29.6 Å². The summed E-state index contributed by atoms with van der Waals surface area (Å²) in [5.41, 5.74) is 7.59. The van der Waals surface area contributed by atoms with E-state index in [2.05, 4.69) is 10.6 Å². The third-order valence-corrected chi connectivity index (χ3v) is 3.53. The standard InChI is InChI=1S/C15H22N4O2/c1-19-9-6-14(20)18-12-10-11(4-5-13(12)19)15(21)17-8-3-2-7-16/h4-5,10H,2-3,6-9,16H2,1H3,(H,17,21)(H,18,20). The Balaban J connectivity index is 2.09. The Labute approximate surface area is 124 Å². The summed E-state index contributed by atoms with van der Waals surface area (Å²) in [6.07, 6.45) is 2.21. The monoisotopic (exact) mass is 290 g/mol. The van der Waals surface area contributed by atoms with Crippen LogP contribution >= 0.6 is 0 Å². The quantitative estimate of drug-likeness (QED) is 0.704. The molecule has 0 atom stereocenters. The topological polar surface area (TPSA) is 87.5 Å². The first-order chi connectivity index (χ1) is 10.1. The van der Waals surface area contributed by atoms with Crippen LogP contribution in [0.2, 0.25) is 0 Å². The SMILES string of the molecule is CN1CCC(=O)Nc2cc(C(=O)NCCCCN)ccc21. The lowest BCUT2D eigenvalue weighted by Crippen LogP contribution is -2.25. The summed E-state index contributed by atoms with van der Waals surface area (Å²) >= 11 is 0. The van der Waals surface area contributed by atoms with Crippen molar-refractivity contribution in [2.45, 2.75) is 19.3 Å². The number of nitrogens with two attached hydrogens (primary N) is 1. The van der Waals surface area contributed by atoms with Gasteiger partial charge in [0.05, 0.1) is 11.4 Å². The number of rotatable bonds is 5. The van der Waals surface area contributed by atoms with Gasteiger partial charge in [-0.3, -0.25) is 9.59 Å². The zero-order chi connectivity index (χ0) is 15.2. The fraction of sp³-hybridized carbons (Fsp3) is 0.467. The average molecular weight is 290 g/mol. The van der Waals surface area contributed by atoms with Gasteiger partial charge in [0.15, 0.2) is 0 Å². The predicted octanol–water partition coefficient (Wildman–Crippen LogP) is 0.934. The van der Waals surface area contributed by atoms with E-state index >= 15 is 0 Å². The first kappa shape index (κ1) is 15.3. The summed E-state index contributed by atoms with van der Waals surface area (Å²) in [6, 6.07) is 5.38. The second-order valence-corrected chi connectivity index (χ2v) is 5.20. The highest BCUT2D eigenvalue weighted by Gasteiger charge is 2.18. The van der Waals surface area contributed by atoms with Gasteiger partial charge >= 0.3 is 0 Å². The van der Waals surface area contributed by atoms with E-state index in [4.69, 9.17) is 5.73 Å². The molecule has 0 aromatic heterocycles. The number of hydrogen-bond donors (Lipinski definition) is 3. The second kappa shape index (κ2) is 7.08. The van der Waals surface area contributed by atoms with Crippen molar-refractivity contribution in [2.24, 2.45) is 5.73 Å². The van der Waals surface area contributed by atoms with E-state index in [0.717, 1.165) is 18.5 Å². The molecule has 2 rings (SSSR count). The molecule has 6 heteroatoms. The molecular formula is C15H22N4O2. The number of carbonyl (C=O) groups is 2. The molecule has 1 heterocycles. The summed E-state index contributed by atoms with van der Waals surface area (Å²) in [5.74, 6) is -0.155. The zero-order valence-electron chi connectivity index (χ0n) is 12.3. The molecule has 0 saturated heterocycles. The van der Waals surface area contributed by atoms with E-state index in [-0.39, 0.29) is 11.8 Å². The molecular weight excluding hydrogens is 268 g/mol. The molecule has 1 aliphatic heterocycles. The maximum atomic E-state index is 12.1. The number of amides is 2. The van der Waals surface area contributed by atoms with Crippen molar-refractivity contribution in [1.82, 2.24) is 5.32 Å². The minimum Gasteiger partial charge on any atom is -0.372 e. The van der Waals surface area contributed by atoms with Crippen molar-refractivity contribution >= 4 is 23.2 Å². The number of hydrogen-bond acceptors (Lipinski definition) is 4. The number of carbonyl (C=O) groups excluding carboxylic acids is 2. The Morgan fingerprint density at radius 1 is 1.43 bits per heavy atom. The maximum absolute atomic E-state index is 12.1. The van der Waals surface area contributed by atoms with E-state index in [9.17, 15) is 9.59 Å². The second-order valence-electron chi connectivity index (χ2n) is 5.20. The first-order valence-electron chi connectivity index (χ1n) is 7.25. The molecule has 0 unspecified atom stereocenters. The lowest BCUT2D eigenvalue weighted by atomic mass is 10.1. The molecule has 0 bridgehead atoms. The fourth-order valence-corrected chi connectivity index (χ4v) is 2.29. The molecule has 1 aromatic carbocycles. The van der Waals surface area contributed by atoms with Gasteiger partial charge in [-0.05, 0) is 37.6 Å². The molecule has 0 spiro atoms. The van der Waals surface area contributed by atoms with Gasteiger partial charge < -0.3 is 21.3 Å². The number of unbranched alkanes of at least 4 members (excludes halogenated alkanes) is 1. The van der Waals surface area contributed by atoms with Gasteiger partial charge in [0.1, 0.15) is 0 Å². The highest BCUT2D eigenvalue weighted by atomic mass is 16.2. The number of nitrogens with one attached hydrogen (secondary N) is 2. The highest BCUT2D eigenvalue weighted by molar-refractivity contribution is 6.00. The summed E-state index contributed by atoms with van der Waals surface area (Å²) in [5, 5.41) is 5.71. The summed E-state index contributed by atoms with van der Waals surface area (Å²) < 4.78 is 0. The lowest BCUT2D eigenvalue weighted by molar-refractivity contribution is -0.115. The molecule has 4 N–H and O–H groups in total. The molecule has 0 saturated carbocycles. The van der Waals surface area contributed by atoms with Crippen molar-refractivity contribution in [3.8, 4) is 0 Å². The minimum atomic E-state index is -0.129. The van der Waals surface area contributed by atoms with Gasteiger partial charge in [0.25, 0.3) is 5.91 Å². The summed E-state index contributed by atoms with van der Waals surface area (Å²) in [7, 11) is 1.94. The molecule has 114 valence electrons. The van der Waals surface area contributed by atoms with Crippen LogP contribution in [0.5, 0.6) is 0 Å². The van der Waals surface area contributed by atoms with Crippen molar-refractivity contribution < 1.29 is 9.59 Å². The summed E-state index contributed by atoms with van der Waals surface area (Å²) in [6.45, 7) is 1.91. The van der Waals surface area contributed by atoms with E-state index in [0.29, 0.717) is 37.3 Å². The lowest BCUT2D eigenvalue weighted by Gasteiger charge is -2.18. The number of fused-ring (bicyclic) bond motifs is 1. The van der Waals surface area contributed by atoms with Crippen molar-refractivity contribution in [3.63, 3.8) is 0 Å². The third kappa shape index (κ3) is 3.95. The molecule has 1 aromatic rings. The van der Waals surface area contributed by atoms with E-state index < -0.39 is 0 Å². The van der Waals surface area contributed by atoms with Crippen LogP contribution in [0.15, 0.2) is 18.2 Å². The Bertz CT molecular complexity index is 530. The van der Waals surface area contributed by atoms with Crippen LogP contribution in [0.3, 0.4) is 0 Å². The Morgan fingerprint density at radius 2 is 2.24 bits per heavy atom. The molecule has 0 aliphatic carbocycles. The Kier molecular flexibility index (Phi) is 5.16. The minimum absolute atomic E-state index is 0.0268. The van der Waals surface area contributed by atoms with Gasteiger partial charge in [0.2, 0.25) is 5.91 Å². The highest BCUT2D eigenvalue weighted by Crippen LogP contribution is 2.28. The first-order valence-corrected chi connectivity index (χ1v) is 7.25. The van der Waals surface area contributed by atoms with Crippen LogP contribution in [0, 0.1) is 0 Å². The van der Waals surface area contributed by atoms with Crippen molar-refractivity contribution in [3.05, 3.63) is 23.8 Å². The zero-order valence-corrected chi connectivity index (χ0v) is 12.3. The number of anilines is 2. The van der Waals surface area contributed by atoms with Crippen LogP contribution in [-0.4, -0.2) is 38.5 Å². The molecule has 1 aliphatic rings. The van der Waals surface area contributed by atoms with Crippen LogP contribution < -0.4 is 21.3 Å². The third-order valence-electron chi connectivity index (χ3n) is 3.53. The van der Waals surface area contributed by atoms with Gasteiger partial charge in [-0.1, -0.05) is 0 Å². The average Bonchev–Trinajstić information content (AvgIpc) is 2.62. The summed E-state index contributed by atoms with van der Waals surface area (Å²) in [4.78, 5) is 25.8. The Morgan fingerprint density at radius 3 is 3.00 bits per heavy atom. The predicted molar refractivity (Wildman–Crippen MR) is 83.6 cm³/mol. The molecule has 0 radical (unpaired) electrons. The number of benzene rings is 1. The Hall–Kier alpha value is -2.08. The van der Waals surface area contributed by atoms with Crippen LogP contribution in [-0.2, 0) is 4.79 Å². The van der Waals surface area contributed by atoms with E-state index in [1.54, 1.807) is 12.1 Å². The maximum Gasteiger partial charge on any atom is 0.251 e. The van der Waals surface area contributed by atoms with Crippen LogP contribution in [0.4, 0.5) is 11.4 Å². The molecule has 21 heavy (non-hydrogen) atoms. The van der Waals surface area contributed by atoms with Crippen LogP contribution in [0.25, 0.3) is 0 Å². The van der Waals surface area contributed by atoms with Crippen molar-refractivity contribution in [2.75, 3.05) is 36.9 Å². The molecule has 6 nitrogen and oxygen atoms in total. The van der Waals surface area contributed by atoms with E-state index in [1.807, 2.05) is 18.0 Å². The van der Waals surface area contributed by atoms with Gasteiger partial charge in [-0.2, -0.15) is 0 Å². The largest absolute Gasteiger partial charge is 0.372 e. The van der Waals surface area contributed by atoms with Gasteiger partial charge in [-0.15, -0.1) is 0 Å². The van der Waals surface area contributed by atoms with Crippen molar-refractivity contribution in [1.29, 1.82) is 0 Å². The fourth-order valence-electron chi connectivity index (χ4n) is 2.29. The number of nitrogens with zero attached hydrogens (tertiary/aromatic N) is 1. The smallest absolute Gasteiger partial charge is 0.251 e. The molecule has 0 fully saturated rings. The van der Waals surface area contributed by atoms with E-state index in [1.165, 1.54) is 0 Å². The molecule has 2 amide bonds. The normalized spacial score (nSPS) is 14.2. The van der Waals surface area contributed by atoms with Gasteiger partial charge in [0, 0.05) is 32.1 Å². The van der Waals surface area contributed by atoms with Gasteiger partial charge in [-0.25, -0.2) is 0 Å².